The van der Waals surface area contributed by atoms with Crippen molar-refractivity contribution < 1.29 is 0 Å². The SMILES string of the molecule is CCCN(Cc1c(CC)nc2n(-c3c(C)cc(C)cc3C)c3ccccc3n12)CC1CC1. The lowest BCUT2D eigenvalue weighted by atomic mass is 10.0. The summed E-state index contributed by atoms with van der Waals surface area (Å²) in [4.78, 5) is 7.92. The summed E-state index contributed by atoms with van der Waals surface area (Å²) in [5.74, 6) is 1.95. The lowest BCUT2D eigenvalue weighted by Crippen LogP contribution is -2.27. The first kappa shape index (κ1) is 21.3. The van der Waals surface area contributed by atoms with Crippen LogP contribution in [-0.4, -0.2) is 31.9 Å². The third-order valence-corrected chi connectivity index (χ3v) is 6.92. The minimum atomic E-state index is 0.897. The van der Waals surface area contributed by atoms with Crippen molar-refractivity contribution in [2.24, 2.45) is 5.92 Å². The van der Waals surface area contributed by atoms with Crippen LogP contribution in [0.2, 0.25) is 0 Å². The summed E-state index contributed by atoms with van der Waals surface area (Å²) in [6.07, 6.45) is 4.95. The Bertz CT molecular complexity index is 1250. The molecule has 0 atom stereocenters. The number of imidazole rings is 2. The largest absolute Gasteiger partial charge is 0.297 e. The standard InChI is InChI=1S/C28H36N4/c1-6-14-30(17-22-12-13-22)18-26-23(7-2)29-28-31(26)24-10-8-9-11-25(24)32(28)27-20(4)15-19(3)16-21(27)5/h8-11,15-16,22H,6-7,12-14,17-18H2,1-5H3. The fraction of sp³-hybridized carbons (Fsp3) is 0.464. The maximum Gasteiger partial charge on any atom is 0.220 e. The Labute approximate surface area is 191 Å². The second-order valence-corrected chi connectivity index (χ2v) is 9.74. The van der Waals surface area contributed by atoms with Gasteiger partial charge in [0.1, 0.15) is 0 Å². The summed E-state index contributed by atoms with van der Waals surface area (Å²) >= 11 is 0. The monoisotopic (exact) mass is 428 g/mol. The molecule has 4 nitrogen and oxygen atoms in total. The predicted octanol–water partition coefficient (Wildman–Crippen LogP) is 6.39. The van der Waals surface area contributed by atoms with Crippen molar-refractivity contribution in [3.63, 3.8) is 0 Å². The normalized spacial score (nSPS) is 14.3. The van der Waals surface area contributed by atoms with Gasteiger partial charge in [0.15, 0.2) is 0 Å². The molecule has 1 saturated carbocycles. The van der Waals surface area contributed by atoms with Gasteiger partial charge in [-0.3, -0.25) is 13.9 Å². The molecule has 0 unspecified atom stereocenters. The molecule has 1 fully saturated rings. The fourth-order valence-corrected chi connectivity index (χ4v) is 5.46. The number of hydrogen-bond acceptors (Lipinski definition) is 2. The Morgan fingerprint density at radius 2 is 1.69 bits per heavy atom. The van der Waals surface area contributed by atoms with Gasteiger partial charge in [0.05, 0.1) is 28.1 Å². The molecule has 0 spiro atoms. The number of hydrogen-bond donors (Lipinski definition) is 0. The summed E-state index contributed by atoms with van der Waals surface area (Å²) < 4.78 is 4.84. The number of benzene rings is 2. The van der Waals surface area contributed by atoms with Gasteiger partial charge in [-0.25, -0.2) is 4.98 Å². The molecule has 1 aliphatic carbocycles. The van der Waals surface area contributed by atoms with Gasteiger partial charge in [-0.15, -0.1) is 0 Å². The summed E-state index contributed by atoms with van der Waals surface area (Å²) in [5.41, 5.74) is 10.3. The summed E-state index contributed by atoms with van der Waals surface area (Å²) in [5, 5.41) is 0. The molecule has 0 aliphatic heterocycles. The van der Waals surface area contributed by atoms with Gasteiger partial charge >= 0.3 is 0 Å². The van der Waals surface area contributed by atoms with E-state index in [0.29, 0.717) is 0 Å². The first-order valence-electron chi connectivity index (χ1n) is 12.3. The number of para-hydroxylation sites is 2. The molecule has 4 heteroatoms. The van der Waals surface area contributed by atoms with E-state index in [1.807, 2.05) is 0 Å². The molecule has 168 valence electrons. The highest BCUT2D eigenvalue weighted by molar-refractivity contribution is 5.85. The van der Waals surface area contributed by atoms with Crippen LogP contribution in [0.1, 0.15) is 61.2 Å². The maximum atomic E-state index is 5.26. The lowest BCUT2D eigenvalue weighted by Gasteiger charge is -2.21. The van der Waals surface area contributed by atoms with Gasteiger partial charge < -0.3 is 0 Å². The molecule has 2 aromatic carbocycles. The second-order valence-electron chi connectivity index (χ2n) is 9.74. The van der Waals surface area contributed by atoms with Crippen LogP contribution in [0.3, 0.4) is 0 Å². The van der Waals surface area contributed by atoms with Crippen LogP contribution in [0, 0.1) is 26.7 Å². The average Bonchev–Trinajstić information content (AvgIpc) is 3.42. The number of nitrogens with zero attached hydrogens (tertiary/aromatic N) is 4. The zero-order valence-corrected chi connectivity index (χ0v) is 20.3. The minimum absolute atomic E-state index is 0.897. The average molecular weight is 429 g/mol. The van der Waals surface area contributed by atoms with Crippen LogP contribution in [0.25, 0.3) is 22.5 Å². The Balaban J connectivity index is 1.75. The van der Waals surface area contributed by atoms with Crippen molar-refractivity contribution >= 4 is 16.8 Å². The number of aromatic nitrogens is 3. The van der Waals surface area contributed by atoms with Gasteiger partial charge in [-0.2, -0.15) is 0 Å². The van der Waals surface area contributed by atoms with Crippen molar-refractivity contribution in [1.82, 2.24) is 18.9 Å². The third kappa shape index (κ3) is 3.65. The molecular formula is C28H36N4. The van der Waals surface area contributed by atoms with Crippen LogP contribution in [0.15, 0.2) is 36.4 Å². The predicted molar refractivity (Wildman–Crippen MR) is 134 cm³/mol. The van der Waals surface area contributed by atoms with Gasteiger partial charge in [-0.05, 0) is 82.2 Å². The van der Waals surface area contributed by atoms with Crippen LogP contribution >= 0.6 is 0 Å². The van der Waals surface area contributed by atoms with Gasteiger partial charge in [0.25, 0.3) is 0 Å². The van der Waals surface area contributed by atoms with E-state index >= 15 is 0 Å². The van der Waals surface area contributed by atoms with Crippen LogP contribution in [-0.2, 0) is 13.0 Å². The van der Waals surface area contributed by atoms with E-state index < -0.39 is 0 Å². The van der Waals surface area contributed by atoms with E-state index in [1.165, 1.54) is 70.6 Å². The molecule has 0 saturated heterocycles. The zero-order valence-electron chi connectivity index (χ0n) is 20.3. The van der Waals surface area contributed by atoms with Crippen molar-refractivity contribution in [3.05, 3.63) is 64.5 Å². The quantitative estimate of drug-likeness (QED) is 0.325. The molecular weight excluding hydrogens is 392 g/mol. The molecule has 0 N–H and O–H groups in total. The first-order chi connectivity index (χ1) is 15.5. The van der Waals surface area contributed by atoms with Crippen LogP contribution in [0.4, 0.5) is 0 Å². The number of rotatable bonds is 8. The smallest absolute Gasteiger partial charge is 0.220 e. The van der Waals surface area contributed by atoms with E-state index in [2.05, 4.69) is 84.9 Å². The Morgan fingerprint density at radius 3 is 2.31 bits per heavy atom. The van der Waals surface area contributed by atoms with Gasteiger partial charge in [0.2, 0.25) is 5.78 Å². The topological polar surface area (TPSA) is 25.5 Å². The van der Waals surface area contributed by atoms with Crippen LogP contribution < -0.4 is 0 Å². The molecule has 0 bridgehead atoms. The first-order valence-corrected chi connectivity index (χ1v) is 12.3. The fourth-order valence-electron chi connectivity index (χ4n) is 5.46. The van der Waals surface area contributed by atoms with E-state index in [0.717, 1.165) is 31.2 Å². The Morgan fingerprint density at radius 1 is 1.00 bits per heavy atom. The number of aryl methyl sites for hydroxylation is 4. The zero-order chi connectivity index (χ0) is 22.4. The molecule has 0 amide bonds. The summed E-state index contributed by atoms with van der Waals surface area (Å²) in [6.45, 7) is 14.5. The highest BCUT2D eigenvalue weighted by Crippen LogP contribution is 2.33. The highest BCUT2D eigenvalue weighted by Gasteiger charge is 2.27. The molecule has 0 radical (unpaired) electrons. The van der Waals surface area contributed by atoms with E-state index in [9.17, 15) is 0 Å². The van der Waals surface area contributed by atoms with E-state index in [-0.39, 0.29) is 0 Å². The molecule has 2 aromatic heterocycles. The summed E-state index contributed by atoms with van der Waals surface area (Å²) in [7, 11) is 0. The lowest BCUT2D eigenvalue weighted by molar-refractivity contribution is 0.251. The minimum Gasteiger partial charge on any atom is -0.297 e. The van der Waals surface area contributed by atoms with Crippen molar-refractivity contribution in [3.8, 4) is 5.69 Å². The Kier molecular flexibility index (Phi) is 5.58. The third-order valence-electron chi connectivity index (χ3n) is 6.92. The molecule has 4 aromatic rings. The van der Waals surface area contributed by atoms with Crippen molar-refractivity contribution in [2.45, 2.75) is 66.8 Å². The van der Waals surface area contributed by atoms with E-state index in [4.69, 9.17) is 4.98 Å². The highest BCUT2D eigenvalue weighted by atomic mass is 15.2. The number of fused-ring (bicyclic) bond motifs is 3. The van der Waals surface area contributed by atoms with Crippen molar-refractivity contribution in [2.75, 3.05) is 13.1 Å². The van der Waals surface area contributed by atoms with Crippen molar-refractivity contribution in [1.29, 1.82) is 0 Å². The summed E-state index contributed by atoms with van der Waals surface area (Å²) in [6, 6.07) is 13.4. The Hall–Kier alpha value is -2.59. The van der Waals surface area contributed by atoms with E-state index in [1.54, 1.807) is 0 Å². The maximum absolute atomic E-state index is 5.26. The molecule has 5 rings (SSSR count). The van der Waals surface area contributed by atoms with Crippen LogP contribution in [0.5, 0.6) is 0 Å². The van der Waals surface area contributed by atoms with Gasteiger partial charge in [0, 0.05) is 13.1 Å². The second kappa shape index (κ2) is 8.40. The molecule has 2 heterocycles. The van der Waals surface area contributed by atoms with Gasteiger partial charge in [-0.1, -0.05) is 43.7 Å². The molecule has 32 heavy (non-hydrogen) atoms. The molecule has 1 aliphatic rings.